The Morgan fingerprint density at radius 2 is 1.96 bits per heavy atom. The first-order valence-corrected chi connectivity index (χ1v) is 9.24. The molecule has 0 radical (unpaired) electrons. The molecule has 2 heterocycles. The molecule has 0 atom stereocenters. The monoisotopic (exact) mass is 361 g/mol. The van der Waals surface area contributed by atoms with E-state index in [-0.39, 0.29) is 5.91 Å². The summed E-state index contributed by atoms with van der Waals surface area (Å²) in [6, 6.07) is 14.3. The van der Waals surface area contributed by atoms with Gasteiger partial charge < -0.3 is 9.88 Å². The van der Waals surface area contributed by atoms with Crippen LogP contribution < -0.4 is 5.32 Å². The fourth-order valence-electron chi connectivity index (χ4n) is 3.06. The van der Waals surface area contributed by atoms with Crippen LogP contribution in [0.15, 0.2) is 58.6 Å². The second-order valence-electron chi connectivity index (χ2n) is 6.48. The van der Waals surface area contributed by atoms with E-state index >= 15 is 0 Å². The lowest BCUT2D eigenvalue weighted by atomic mass is 10.1. The molecular weight excluding hydrogens is 342 g/mol. The summed E-state index contributed by atoms with van der Waals surface area (Å²) < 4.78 is 2.07. The zero-order chi connectivity index (χ0) is 18.3. The standard InChI is InChI=1S/C21H19N3OS/c1-13-8-9-14(2)17(10-13)22-21-23-20(25)19(26-21)11-15-12-24(3)18-7-5-4-6-16(15)18/h4-12H,1-3H3,(H,22,23,25)/b19-11+. The third-order valence-corrected chi connectivity index (χ3v) is 5.36. The highest BCUT2D eigenvalue weighted by Crippen LogP contribution is 2.31. The number of aliphatic imine (C=N–C) groups is 1. The number of rotatable bonds is 2. The van der Waals surface area contributed by atoms with Gasteiger partial charge in [0.1, 0.15) is 0 Å². The molecule has 1 amide bonds. The van der Waals surface area contributed by atoms with Crippen LogP contribution in [0.3, 0.4) is 0 Å². The molecule has 1 aliphatic rings. The van der Waals surface area contributed by atoms with Crippen LogP contribution in [0.1, 0.15) is 16.7 Å². The van der Waals surface area contributed by atoms with Gasteiger partial charge in [-0.3, -0.25) is 4.79 Å². The fraction of sp³-hybridized carbons (Fsp3) is 0.143. The van der Waals surface area contributed by atoms with Gasteiger partial charge in [-0.1, -0.05) is 30.3 Å². The predicted molar refractivity (Wildman–Crippen MR) is 110 cm³/mol. The van der Waals surface area contributed by atoms with Crippen molar-refractivity contribution in [2.24, 2.45) is 12.0 Å². The largest absolute Gasteiger partial charge is 0.350 e. The summed E-state index contributed by atoms with van der Waals surface area (Å²) in [5.74, 6) is -0.105. The van der Waals surface area contributed by atoms with Gasteiger partial charge >= 0.3 is 0 Å². The topological polar surface area (TPSA) is 46.4 Å². The van der Waals surface area contributed by atoms with E-state index in [4.69, 9.17) is 0 Å². The van der Waals surface area contributed by atoms with Crippen molar-refractivity contribution in [3.05, 3.63) is 70.3 Å². The van der Waals surface area contributed by atoms with Crippen LogP contribution in [-0.4, -0.2) is 15.6 Å². The lowest BCUT2D eigenvalue weighted by Crippen LogP contribution is -2.19. The van der Waals surface area contributed by atoms with Crippen LogP contribution in [0.25, 0.3) is 17.0 Å². The molecule has 2 aromatic carbocycles. The number of thioether (sulfide) groups is 1. The Morgan fingerprint density at radius 1 is 1.15 bits per heavy atom. The SMILES string of the molecule is Cc1ccc(C)c(N=C2NC(=O)/C(=C\c3cn(C)c4ccccc34)S2)c1. The maximum absolute atomic E-state index is 12.4. The molecule has 1 aliphatic heterocycles. The van der Waals surface area contributed by atoms with Crippen molar-refractivity contribution in [2.75, 3.05) is 0 Å². The van der Waals surface area contributed by atoms with Gasteiger partial charge in [0.05, 0.1) is 10.6 Å². The van der Waals surface area contributed by atoms with E-state index in [1.54, 1.807) is 0 Å². The third kappa shape index (κ3) is 3.06. The number of aromatic nitrogens is 1. The highest BCUT2D eigenvalue weighted by Gasteiger charge is 2.24. The summed E-state index contributed by atoms with van der Waals surface area (Å²) in [7, 11) is 2.01. The Labute approximate surface area is 156 Å². The fourth-order valence-corrected chi connectivity index (χ4v) is 3.88. The molecule has 1 fully saturated rings. The number of para-hydroxylation sites is 1. The van der Waals surface area contributed by atoms with Gasteiger partial charge in [0.15, 0.2) is 5.17 Å². The van der Waals surface area contributed by atoms with Crippen molar-refractivity contribution in [1.29, 1.82) is 0 Å². The molecule has 1 saturated heterocycles. The molecule has 0 unspecified atom stereocenters. The molecule has 1 aromatic heterocycles. The first-order valence-electron chi connectivity index (χ1n) is 8.42. The van der Waals surface area contributed by atoms with Crippen molar-refractivity contribution >= 4 is 45.5 Å². The normalized spacial score (nSPS) is 17.4. The van der Waals surface area contributed by atoms with E-state index in [1.807, 2.05) is 57.4 Å². The number of fused-ring (bicyclic) bond motifs is 1. The predicted octanol–water partition coefficient (Wildman–Crippen LogP) is 4.69. The van der Waals surface area contributed by atoms with E-state index < -0.39 is 0 Å². The number of hydrogen-bond acceptors (Lipinski definition) is 3. The molecule has 4 nitrogen and oxygen atoms in total. The maximum Gasteiger partial charge on any atom is 0.264 e. The quantitative estimate of drug-likeness (QED) is 0.673. The van der Waals surface area contributed by atoms with Gasteiger partial charge in [0.25, 0.3) is 5.91 Å². The number of amidine groups is 1. The highest BCUT2D eigenvalue weighted by atomic mass is 32.2. The van der Waals surface area contributed by atoms with Crippen molar-refractivity contribution in [3.8, 4) is 0 Å². The average molecular weight is 361 g/mol. The summed E-state index contributed by atoms with van der Waals surface area (Å²) in [5, 5.41) is 4.63. The lowest BCUT2D eigenvalue weighted by molar-refractivity contribution is -0.115. The van der Waals surface area contributed by atoms with Gasteiger partial charge in [0.2, 0.25) is 0 Å². The van der Waals surface area contributed by atoms with Crippen LogP contribution in [0, 0.1) is 13.8 Å². The van der Waals surface area contributed by atoms with Gasteiger partial charge in [-0.25, -0.2) is 4.99 Å². The molecule has 0 saturated carbocycles. The Hall–Kier alpha value is -2.79. The first kappa shape index (κ1) is 16.7. The Bertz CT molecular complexity index is 1090. The molecule has 5 heteroatoms. The maximum atomic E-state index is 12.4. The van der Waals surface area contributed by atoms with Crippen LogP contribution in [0.4, 0.5) is 5.69 Å². The molecule has 26 heavy (non-hydrogen) atoms. The van der Waals surface area contributed by atoms with E-state index in [0.29, 0.717) is 10.1 Å². The molecule has 0 spiro atoms. The van der Waals surface area contributed by atoms with Crippen LogP contribution >= 0.6 is 11.8 Å². The van der Waals surface area contributed by atoms with Crippen LogP contribution in [0.5, 0.6) is 0 Å². The molecule has 3 aromatic rings. The van der Waals surface area contributed by atoms with Crippen molar-refractivity contribution in [2.45, 2.75) is 13.8 Å². The van der Waals surface area contributed by atoms with Crippen LogP contribution in [-0.2, 0) is 11.8 Å². The van der Waals surface area contributed by atoms with Crippen molar-refractivity contribution in [3.63, 3.8) is 0 Å². The van der Waals surface area contributed by atoms with E-state index in [1.165, 1.54) is 11.8 Å². The Kier molecular flexibility index (Phi) is 4.17. The minimum absolute atomic E-state index is 0.105. The number of hydrogen-bond donors (Lipinski definition) is 1. The van der Waals surface area contributed by atoms with E-state index in [9.17, 15) is 4.79 Å². The van der Waals surface area contributed by atoms with E-state index in [2.05, 4.69) is 33.1 Å². The molecule has 130 valence electrons. The van der Waals surface area contributed by atoms with Crippen LogP contribution in [0.2, 0.25) is 0 Å². The lowest BCUT2D eigenvalue weighted by Gasteiger charge is -2.02. The summed E-state index contributed by atoms with van der Waals surface area (Å²) in [5.41, 5.74) is 5.31. The molecule has 1 N–H and O–H groups in total. The summed E-state index contributed by atoms with van der Waals surface area (Å²) >= 11 is 1.38. The number of amides is 1. The number of benzene rings is 2. The number of aryl methyl sites for hydroxylation is 3. The van der Waals surface area contributed by atoms with Crippen molar-refractivity contribution in [1.82, 2.24) is 9.88 Å². The smallest absolute Gasteiger partial charge is 0.264 e. The molecule has 0 aliphatic carbocycles. The van der Waals surface area contributed by atoms with Gasteiger partial charge in [-0.05, 0) is 54.9 Å². The minimum atomic E-state index is -0.105. The first-order chi connectivity index (χ1) is 12.5. The molecule has 0 bridgehead atoms. The second-order valence-corrected chi connectivity index (χ2v) is 7.51. The number of nitrogens with one attached hydrogen (secondary N) is 1. The summed E-state index contributed by atoms with van der Waals surface area (Å²) in [4.78, 5) is 17.7. The molecule has 4 rings (SSSR count). The Balaban J connectivity index is 1.68. The number of nitrogens with zero attached hydrogens (tertiary/aromatic N) is 2. The number of carbonyl (C=O) groups excluding carboxylic acids is 1. The Morgan fingerprint density at radius 3 is 2.81 bits per heavy atom. The average Bonchev–Trinajstić information content (AvgIpc) is 3.12. The zero-order valence-electron chi connectivity index (χ0n) is 14.9. The minimum Gasteiger partial charge on any atom is -0.350 e. The van der Waals surface area contributed by atoms with Crippen molar-refractivity contribution < 1.29 is 4.79 Å². The van der Waals surface area contributed by atoms with Gasteiger partial charge in [-0.2, -0.15) is 0 Å². The number of carbonyl (C=O) groups is 1. The van der Waals surface area contributed by atoms with Gasteiger partial charge in [0, 0.05) is 29.7 Å². The summed E-state index contributed by atoms with van der Waals surface area (Å²) in [6.45, 7) is 4.06. The molecular formula is C21H19N3OS. The zero-order valence-corrected chi connectivity index (χ0v) is 15.7. The third-order valence-electron chi connectivity index (χ3n) is 4.45. The van der Waals surface area contributed by atoms with Gasteiger partial charge in [-0.15, -0.1) is 0 Å². The highest BCUT2D eigenvalue weighted by molar-refractivity contribution is 8.18. The van der Waals surface area contributed by atoms with E-state index in [0.717, 1.165) is 33.3 Å². The summed E-state index contributed by atoms with van der Waals surface area (Å²) in [6.07, 6.45) is 3.99. The second kappa shape index (κ2) is 6.50.